The average molecular weight is 363 g/mol. The van der Waals surface area contributed by atoms with Gasteiger partial charge in [-0.1, -0.05) is 30.3 Å². The molecular weight excluding hydrogens is 335 g/mol. The van der Waals surface area contributed by atoms with E-state index < -0.39 is 0 Å². The number of nitrogens with one attached hydrogen (secondary N) is 1. The number of aliphatic hydroxyl groups is 1. The molecule has 6 heteroatoms. The van der Waals surface area contributed by atoms with Crippen molar-refractivity contribution in [3.8, 4) is 0 Å². The molecule has 2 saturated heterocycles. The third-order valence-electron chi connectivity index (χ3n) is 4.94. The lowest BCUT2D eigenvalue weighted by Crippen LogP contribution is -2.36. The molecule has 0 bridgehead atoms. The summed E-state index contributed by atoms with van der Waals surface area (Å²) in [6, 6.07) is 10.3. The number of fused-ring (bicyclic) bond motifs is 1. The van der Waals surface area contributed by atoms with Crippen LogP contribution in [0.25, 0.3) is 0 Å². The van der Waals surface area contributed by atoms with Crippen molar-refractivity contribution >= 4 is 24.8 Å². The summed E-state index contributed by atoms with van der Waals surface area (Å²) in [5, 5.41) is 13.1. The standard InChI is InChI=1S/C17H26N2O2.2ClH/c20-14-17-12-18-9-16(17)10-19(13-17)7-4-8-21-11-15-5-2-1-3-6-15;;/h1-3,5-6,16,18,20H,4,7-14H2;2*1H. The minimum absolute atomic E-state index is 0. The third kappa shape index (κ3) is 5.05. The van der Waals surface area contributed by atoms with E-state index >= 15 is 0 Å². The predicted octanol–water partition coefficient (Wildman–Crippen LogP) is 1.95. The highest BCUT2D eigenvalue weighted by atomic mass is 35.5. The van der Waals surface area contributed by atoms with Crippen molar-refractivity contribution in [1.82, 2.24) is 10.2 Å². The van der Waals surface area contributed by atoms with Crippen LogP contribution in [0, 0.1) is 11.3 Å². The van der Waals surface area contributed by atoms with Gasteiger partial charge in [0.2, 0.25) is 0 Å². The summed E-state index contributed by atoms with van der Waals surface area (Å²) in [6.07, 6.45) is 1.06. The molecule has 0 radical (unpaired) electrons. The molecule has 132 valence electrons. The number of nitrogens with zero attached hydrogens (tertiary/aromatic N) is 1. The second kappa shape index (κ2) is 9.82. The molecule has 0 spiro atoms. The van der Waals surface area contributed by atoms with E-state index in [-0.39, 0.29) is 30.2 Å². The van der Waals surface area contributed by atoms with E-state index in [2.05, 4.69) is 22.3 Å². The monoisotopic (exact) mass is 362 g/mol. The van der Waals surface area contributed by atoms with Crippen LogP contribution in [0.4, 0.5) is 0 Å². The van der Waals surface area contributed by atoms with Gasteiger partial charge in [-0.3, -0.25) is 0 Å². The molecule has 2 unspecified atom stereocenters. The van der Waals surface area contributed by atoms with Gasteiger partial charge in [0.05, 0.1) is 13.2 Å². The maximum Gasteiger partial charge on any atom is 0.0716 e. The number of rotatable bonds is 7. The molecule has 0 saturated carbocycles. The quantitative estimate of drug-likeness (QED) is 0.727. The first-order valence-electron chi connectivity index (χ1n) is 7.98. The minimum Gasteiger partial charge on any atom is -0.396 e. The zero-order valence-electron chi connectivity index (χ0n) is 13.4. The summed E-state index contributed by atoms with van der Waals surface area (Å²) >= 11 is 0. The van der Waals surface area contributed by atoms with E-state index in [0.717, 1.165) is 45.8 Å². The summed E-state index contributed by atoms with van der Waals surface area (Å²) in [6.45, 7) is 7.07. The summed E-state index contributed by atoms with van der Waals surface area (Å²) in [5.41, 5.74) is 1.35. The largest absolute Gasteiger partial charge is 0.396 e. The van der Waals surface area contributed by atoms with Crippen molar-refractivity contribution in [2.45, 2.75) is 13.0 Å². The van der Waals surface area contributed by atoms with Gasteiger partial charge in [-0.15, -0.1) is 24.8 Å². The fraction of sp³-hybridized carbons (Fsp3) is 0.647. The Bertz CT molecular complexity index is 449. The van der Waals surface area contributed by atoms with Gasteiger partial charge in [0, 0.05) is 38.2 Å². The first-order chi connectivity index (χ1) is 10.3. The van der Waals surface area contributed by atoms with Gasteiger partial charge in [-0.2, -0.15) is 0 Å². The lowest BCUT2D eigenvalue weighted by Gasteiger charge is -2.25. The van der Waals surface area contributed by atoms with Crippen LogP contribution in [-0.4, -0.2) is 55.9 Å². The second-order valence-electron chi connectivity index (χ2n) is 6.48. The SMILES string of the molecule is Cl.Cl.OCC12CNCC1CN(CCCOCc1ccccc1)C2. The topological polar surface area (TPSA) is 44.7 Å². The van der Waals surface area contributed by atoms with Crippen molar-refractivity contribution in [2.75, 3.05) is 45.9 Å². The summed E-state index contributed by atoms with van der Waals surface area (Å²) in [4.78, 5) is 2.49. The highest BCUT2D eigenvalue weighted by Crippen LogP contribution is 2.38. The van der Waals surface area contributed by atoms with E-state index in [1.165, 1.54) is 5.56 Å². The van der Waals surface area contributed by atoms with E-state index in [9.17, 15) is 5.11 Å². The van der Waals surface area contributed by atoms with Crippen LogP contribution in [0.2, 0.25) is 0 Å². The van der Waals surface area contributed by atoms with E-state index in [1.807, 2.05) is 18.2 Å². The Morgan fingerprint density at radius 2 is 2.04 bits per heavy atom. The maximum atomic E-state index is 9.69. The van der Waals surface area contributed by atoms with Crippen LogP contribution in [-0.2, 0) is 11.3 Å². The molecule has 0 aromatic heterocycles. The number of benzene rings is 1. The molecule has 3 rings (SSSR count). The molecule has 2 atom stereocenters. The zero-order chi connectivity index (χ0) is 14.5. The van der Waals surface area contributed by atoms with Crippen LogP contribution in [0.5, 0.6) is 0 Å². The predicted molar refractivity (Wildman–Crippen MR) is 97.5 cm³/mol. The number of ether oxygens (including phenoxy) is 1. The molecule has 2 N–H and O–H groups in total. The lowest BCUT2D eigenvalue weighted by molar-refractivity contribution is 0.104. The zero-order valence-corrected chi connectivity index (χ0v) is 15.1. The van der Waals surface area contributed by atoms with E-state index in [4.69, 9.17) is 4.74 Å². The van der Waals surface area contributed by atoms with Gasteiger partial charge in [0.15, 0.2) is 0 Å². The molecule has 2 fully saturated rings. The molecule has 0 aliphatic carbocycles. The lowest BCUT2D eigenvalue weighted by atomic mass is 9.82. The number of aliphatic hydroxyl groups excluding tert-OH is 1. The summed E-state index contributed by atoms with van der Waals surface area (Å²) < 4.78 is 5.74. The van der Waals surface area contributed by atoms with Crippen LogP contribution in [0.3, 0.4) is 0 Å². The molecule has 2 heterocycles. The first kappa shape index (κ1) is 20.7. The van der Waals surface area contributed by atoms with Crippen molar-refractivity contribution in [3.63, 3.8) is 0 Å². The smallest absolute Gasteiger partial charge is 0.0716 e. The van der Waals surface area contributed by atoms with Crippen LogP contribution < -0.4 is 5.32 Å². The maximum absolute atomic E-state index is 9.69. The Morgan fingerprint density at radius 1 is 1.26 bits per heavy atom. The Hall–Kier alpha value is -0.360. The average Bonchev–Trinajstić information content (AvgIpc) is 3.05. The normalized spacial score (nSPS) is 26.4. The fourth-order valence-electron chi connectivity index (χ4n) is 3.68. The Morgan fingerprint density at radius 3 is 2.74 bits per heavy atom. The van der Waals surface area contributed by atoms with Crippen molar-refractivity contribution in [2.24, 2.45) is 11.3 Å². The van der Waals surface area contributed by atoms with Crippen molar-refractivity contribution < 1.29 is 9.84 Å². The first-order valence-corrected chi connectivity index (χ1v) is 7.98. The van der Waals surface area contributed by atoms with E-state index in [1.54, 1.807) is 0 Å². The Balaban J connectivity index is 0.00000132. The Kier molecular flexibility index (Phi) is 8.83. The molecule has 1 aromatic carbocycles. The van der Waals surface area contributed by atoms with Gasteiger partial charge in [-0.05, 0) is 24.4 Å². The minimum atomic E-state index is 0. The van der Waals surface area contributed by atoms with Gasteiger partial charge >= 0.3 is 0 Å². The molecular formula is C17H28Cl2N2O2. The molecule has 23 heavy (non-hydrogen) atoms. The third-order valence-corrected chi connectivity index (χ3v) is 4.94. The number of hydrogen-bond donors (Lipinski definition) is 2. The molecule has 2 aliphatic rings. The van der Waals surface area contributed by atoms with Crippen LogP contribution >= 0.6 is 24.8 Å². The summed E-state index contributed by atoms with van der Waals surface area (Å²) in [5.74, 6) is 0.618. The molecule has 4 nitrogen and oxygen atoms in total. The molecule has 2 aliphatic heterocycles. The van der Waals surface area contributed by atoms with Crippen molar-refractivity contribution in [3.05, 3.63) is 35.9 Å². The van der Waals surface area contributed by atoms with Crippen LogP contribution in [0.15, 0.2) is 30.3 Å². The van der Waals surface area contributed by atoms with Crippen molar-refractivity contribution in [1.29, 1.82) is 0 Å². The highest BCUT2D eigenvalue weighted by molar-refractivity contribution is 5.85. The summed E-state index contributed by atoms with van der Waals surface area (Å²) in [7, 11) is 0. The van der Waals surface area contributed by atoms with Gasteiger partial charge < -0.3 is 20.1 Å². The van der Waals surface area contributed by atoms with Gasteiger partial charge in [0.1, 0.15) is 0 Å². The van der Waals surface area contributed by atoms with Gasteiger partial charge in [-0.25, -0.2) is 0 Å². The number of likely N-dealkylation sites (tertiary alicyclic amines) is 1. The Labute approximate surface area is 151 Å². The molecule has 1 aromatic rings. The number of hydrogen-bond acceptors (Lipinski definition) is 4. The van der Waals surface area contributed by atoms with Gasteiger partial charge in [0.25, 0.3) is 0 Å². The highest BCUT2D eigenvalue weighted by Gasteiger charge is 2.48. The fourth-order valence-corrected chi connectivity index (χ4v) is 3.68. The van der Waals surface area contributed by atoms with E-state index in [0.29, 0.717) is 19.1 Å². The van der Waals surface area contributed by atoms with Crippen LogP contribution in [0.1, 0.15) is 12.0 Å². The molecule has 0 amide bonds. The number of halogens is 2. The second-order valence-corrected chi connectivity index (χ2v) is 6.48.